The van der Waals surface area contributed by atoms with Gasteiger partial charge in [0.15, 0.2) is 0 Å². The Morgan fingerprint density at radius 3 is 2.21 bits per heavy atom. The van der Waals surface area contributed by atoms with Gasteiger partial charge in [-0.1, -0.05) is 13.8 Å². The largest absolute Gasteiger partial charge is 0.459 e. The summed E-state index contributed by atoms with van der Waals surface area (Å²) in [5.74, 6) is -0.939. The van der Waals surface area contributed by atoms with Crippen molar-refractivity contribution in [3.8, 4) is 0 Å². The molecule has 0 bridgehead atoms. The molecule has 0 aliphatic heterocycles. The molecule has 4 heteroatoms. The zero-order valence-corrected chi connectivity index (χ0v) is 9.37. The van der Waals surface area contributed by atoms with Crippen LogP contribution in [0.5, 0.6) is 0 Å². The van der Waals surface area contributed by atoms with Crippen LogP contribution in [-0.2, 0) is 14.3 Å². The molecular weight excluding hydrogens is 182 g/mol. The number of esters is 1. The molecule has 0 fully saturated rings. The summed E-state index contributed by atoms with van der Waals surface area (Å²) in [6.45, 7) is 8.90. The summed E-state index contributed by atoms with van der Waals surface area (Å²) in [5.41, 5.74) is 0. The van der Waals surface area contributed by atoms with E-state index < -0.39 is 11.9 Å². The Morgan fingerprint density at radius 2 is 1.86 bits per heavy atom. The molecular formula is C10H19NO3. The first-order valence-corrected chi connectivity index (χ1v) is 4.98. The van der Waals surface area contributed by atoms with Crippen LogP contribution in [0.1, 0.15) is 27.7 Å². The van der Waals surface area contributed by atoms with Crippen LogP contribution in [0.3, 0.4) is 0 Å². The van der Waals surface area contributed by atoms with E-state index >= 15 is 0 Å². The lowest BCUT2D eigenvalue weighted by Gasteiger charge is -2.21. The fraction of sp³-hybridized carbons (Fsp3) is 0.800. The predicted molar refractivity (Wildman–Crippen MR) is 53.7 cm³/mol. The van der Waals surface area contributed by atoms with Crippen LogP contribution in [0, 0.1) is 5.92 Å². The van der Waals surface area contributed by atoms with E-state index in [-0.39, 0.29) is 6.61 Å². The number of hydrogen-bond donors (Lipinski definition) is 0. The SMILES string of the molecule is CCOC(=O)C(=O)N(CC)CC(C)C. The summed E-state index contributed by atoms with van der Waals surface area (Å²) >= 11 is 0. The van der Waals surface area contributed by atoms with Gasteiger partial charge >= 0.3 is 11.9 Å². The molecule has 0 aliphatic rings. The Bertz CT molecular complexity index is 202. The summed E-state index contributed by atoms with van der Waals surface area (Å²) in [4.78, 5) is 24.1. The monoisotopic (exact) mass is 201 g/mol. The highest BCUT2D eigenvalue weighted by Crippen LogP contribution is 2.00. The van der Waals surface area contributed by atoms with Crippen molar-refractivity contribution in [3.05, 3.63) is 0 Å². The quantitative estimate of drug-likeness (QED) is 0.504. The molecule has 82 valence electrons. The minimum absolute atomic E-state index is 0.240. The van der Waals surface area contributed by atoms with Crippen molar-refractivity contribution in [1.29, 1.82) is 0 Å². The van der Waals surface area contributed by atoms with Gasteiger partial charge in [0, 0.05) is 13.1 Å². The average molecular weight is 201 g/mol. The molecule has 0 rings (SSSR count). The molecule has 0 N–H and O–H groups in total. The van der Waals surface area contributed by atoms with Crippen LogP contribution in [0.4, 0.5) is 0 Å². The highest BCUT2D eigenvalue weighted by atomic mass is 16.5. The molecule has 0 spiro atoms. The van der Waals surface area contributed by atoms with Gasteiger partial charge in [-0.25, -0.2) is 4.79 Å². The van der Waals surface area contributed by atoms with Crippen LogP contribution in [0.2, 0.25) is 0 Å². The molecule has 1 amide bonds. The number of carbonyl (C=O) groups excluding carboxylic acids is 2. The molecule has 0 heterocycles. The Balaban J connectivity index is 4.23. The molecule has 0 aliphatic carbocycles. The number of amides is 1. The van der Waals surface area contributed by atoms with E-state index in [0.717, 1.165) is 0 Å². The molecule has 0 saturated heterocycles. The smallest absolute Gasteiger partial charge is 0.397 e. The van der Waals surface area contributed by atoms with Crippen LogP contribution < -0.4 is 0 Å². The number of carbonyl (C=O) groups is 2. The van der Waals surface area contributed by atoms with Gasteiger partial charge in [-0.3, -0.25) is 4.79 Å². The fourth-order valence-electron chi connectivity index (χ4n) is 1.12. The third-order valence-electron chi connectivity index (χ3n) is 1.70. The number of ether oxygens (including phenoxy) is 1. The summed E-state index contributed by atoms with van der Waals surface area (Å²) in [6.07, 6.45) is 0. The topological polar surface area (TPSA) is 46.6 Å². The van der Waals surface area contributed by atoms with E-state index in [1.54, 1.807) is 6.92 Å². The lowest BCUT2D eigenvalue weighted by molar-refractivity contribution is -0.160. The van der Waals surface area contributed by atoms with Crippen LogP contribution in [0.25, 0.3) is 0 Å². The van der Waals surface area contributed by atoms with E-state index in [2.05, 4.69) is 4.74 Å². The van der Waals surface area contributed by atoms with Crippen LogP contribution in [-0.4, -0.2) is 36.5 Å². The minimum atomic E-state index is -0.755. The number of hydrogen-bond acceptors (Lipinski definition) is 3. The van der Waals surface area contributed by atoms with Crippen molar-refractivity contribution in [2.75, 3.05) is 19.7 Å². The number of likely N-dealkylation sites (N-methyl/N-ethyl adjacent to an activating group) is 1. The lowest BCUT2D eigenvalue weighted by Crippen LogP contribution is -2.39. The first-order chi connectivity index (χ1) is 6.52. The second-order valence-electron chi connectivity index (χ2n) is 3.46. The molecule has 0 unspecified atom stereocenters. The highest BCUT2D eigenvalue weighted by Gasteiger charge is 2.21. The minimum Gasteiger partial charge on any atom is -0.459 e. The summed E-state index contributed by atoms with van der Waals surface area (Å²) in [7, 11) is 0. The molecule has 0 aromatic rings. The third-order valence-corrected chi connectivity index (χ3v) is 1.70. The van der Waals surface area contributed by atoms with Gasteiger partial charge in [-0.05, 0) is 19.8 Å². The fourth-order valence-corrected chi connectivity index (χ4v) is 1.12. The van der Waals surface area contributed by atoms with Gasteiger partial charge in [0.25, 0.3) is 0 Å². The first kappa shape index (κ1) is 12.9. The second-order valence-corrected chi connectivity index (χ2v) is 3.46. The van der Waals surface area contributed by atoms with E-state index in [1.807, 2.05) is 20.8 Å². The lowest BCUT2D eigenvalue weighted by atomic mass is 10.2. The zero-order valence-electron chi connectivity index (χ0n) is 9.37. The predicted octanol–water partition coefficient (Wildman–Crippen LogP) is 1.05. The van der Waals surface area contributed by atoms with Gasteiger partial charge in [0.1, 0.15) is 0 Å². The summed E-state index contributed by atoms with van der Waals surface area (Å²) in [6, 6.07) is 0. The standard InChI is InChI=1S/C10H19NO3/c1-5-11(7-8(3)4)9(12)10(13)14-6-2/h8H,5-7H2,1-4H3. The maximum absolute atomic E-state index is 11.5. The van der Waals surface area contributed by atoms with Crippen molar-refractivity contribution in [2.24, 2.45) is 5.92 Å². The maximum atomic E-state index is 11.5. The molecule has 0 aromatic heterocycles. The van der Waals surface area contributed by atoms with Gasteiger partial charge < -0.3 is 9.64 Å². The molecule has 0 saturated carbocycles. The van der Waals surface area contributed by atoms with Gasteiger partial charge in [-0.15, -0.1) is 0 Å². The molecule has 0 atom stereocenters. The van der Waals surface area contributed by atoms with Gasteiger partial charge in [0.05, 0.1) is 6.61 Å². The van der Waals surface area contributed by atoms with Crippen LogP contribution >= 0.6 is 0 Å². The Hall–Kier alpha value is -1.06. The van der Waals surface area contributed by atoms with E-state index in [0.29, 0.717) is 19.0 Å². The Morgan fingerprint density at radius 1 is 1.29 bits per heavy atom. The van der Waals surface area contributed by atoms with Gasteiger partial charge in [0.2, 0.25) is 0 Å². The highest BCUT2D eigenvalue weighted by molar-refractivity contribution is 6.32. The third kappa shape index (κ3) is 4.25. The van der Waals surface area contributed by atoms with Gasteiger partial charge in [-0.2, -0.15) is 0 Å². The van der Waals surface area contributed by atoms with Crippen molar-refractivity contribution in [3.63, 3.8) is 0 Å². The van der Waals surface area contributed by atoms with E-state index in [1.165, 1.54) is 4.90 Å². The van der Waals surface area contributed by atoms with Crippen molar-refractivity contribution >= 4 is 11.9 Å². The maximum Gasteiger partial charge on any atom is 0.397 e. The van der Waals surface area contributed by atoms with E-state index in [4.69, 9.17) is 0 Å². The number of nitrogens with zero attached hydrogens (tertiary/aromatic N) is 1. The van der Waals surface area contributed by atoms with E-state index in [9.17, 15) is 9.59 Å². The molecule has 0 aromatic carbocycles. The molecule has 4 nitrogen and oxygen atoms in total. The van der Waals surface area contributed by atoms with Crippen molar-refractivity contribution in [1.82, 2.24) is 4.90 Å². The summed E-state index contributed by atoms with van der Waals surface area (Å²) in [5, 5.41) is 0. The molecule has 14 heavy (non-hydrogen) atoms. The molecule has 0 radical (unpaired) electrons. The first-order valence-electron chi connectivity index (χ1n) is 4.98. The van der Waals surface area contributed by atoms with Crippen molar-refractivity contribution in [2.45, 2.75) is 27.7 Å². The summed E-state index contributed by atoms with van der Waals surface area (Å²) < 4.78 is 4.64. The van der Waals surface area contributed by atoms with Crippen LogP contribution in [0.15, 0.2) is 0 Å². The Labute approximate surface area is 85.2 Å². The number of rotatable bonds is 4. The van der Waals surface area contributed by atoms with Crippen molar-refractivity contribution < 1.29 is 14.3 Å². The Kier molecular flexibility index (Phi) is 5.92. The average Bonchev–Trinajstić information content (AvgIpc) is 2.13. The zero-order chi connectivity index (χ0) is 11.1. The second kappa shape index (κ2) is 6.40. The normalized spacial score (nSPS) is 10.1.